The van der Waals surface area contributed by atoms with Crippen molar-refractivity contribution in [3.8, 4) is 5.75 Å². The molecule has 0 radical (unpaired) electrons. The van der Waals surface area contributed by atoms with Crippen LogP contribution >= 0.6 is 11.6 Å². The topological polar surface area (TPSA) is 38.3 Å². The molecule has 0 aliphatic heterocycles. The van der Waals surface area contributed by atoms with Crippen LogP contribution in [0.5, 0.6) is 5.75 Å². The fourth-order valence-electron chi connectivity index (χ4n) is 2.53. The van der Waals surface area contributed by atoms with Crippen molar-refractivity contribution in [2.75, 3.05) is 6.61 Å². The van der Waals surface area contributed by atoms with E-state index in [1.807, 2.05) is 84.9 Å². The maximum Gasteiger partial charge on any atom is 0.258 e. The minimum absolute atomic E-state index is 0.0407. The van der Waals surface area contributed by atoms with E-state index in [1.165, 1.54) is 0 Å². The second kappa shape index (κ2) is 8.36. The molecule has 3 aromatic carbocycles. The quantitative estimate of drug-likeness (QED) is 0.703. The van der Waals surface area contributed by atoms with Gasteiger partial charge in [-0.05, 0) is 35.4 Å². The smallest absolute Gasteiger partial charge is 0.258 e. The molecule has 1 atom stereocenters. The monoisotopic (exact) mass is 351 g/mol. The third-order valence-corrected chi connectivity index (χ3v) is 4.01. The fourth-order valence-corrected chi connectivity index (χ4v) is 2.65. The predicted molar refractivity (Wildman–Crippen MR) is 99.8 cm³/mol. The van der Waals surface area contributed by atoms with Crippen molar-refractivity contribution in [1.29, 1.82) is 0 Å². The summed E-state index contributed by atoms with van der Waals surface area (Å²) in [6, 6.07) is 26.3. The summed E-state index contributed by atoms with van der Waals surface area (Å²) in [5, 5.41) is 3.69. The van der Waals surface area contributed by atoms with E-state index in [-0.39, 0.29) is 18.6 Å². The summed E-state index contributed by atoms with van der Waals surface area (Å²) < 4.78 is 5.53. The molecule has 3 rings (SSSR count). The molecule has 1 N–H and O–H groups in total. The van der Waals surface area contributed by atoms with Gasteiger partial charge in [-0.25, -0.2) is 0 Å². The Morgan fingerprint density at radius 3 is 2.04 bits per heavy atom. The number of para-hydroxylation sites is 1. The molecule has 3 nitrogen and oxygen atoms in total. The van der Waals surface area contributed by atoms with Gasteiger partial charge in [0, 0.05) is 5.02 Å². The van der Waals surface area contributed by atoms with Crippen LogP contribution in [0.15, 0.2) is 84.9 Å². The van der Waals surface area contributed by atoms with E-state index in [1.54, 1.807) is 0 Å². The molecule has 1 amide bonds. The van der Waals surface area contributed by atoms with Gasteiger partial charge in [-0.1, -0.05) is 72.3 Å². The fraction of sp³-hybridized carbons (Fsp3) is 0.0952. The highest BCUT2D eigenvalue weighted by atomic mass is 35.5. The van der Waals surface area contributed by atoms with Gasteiger partial charge in [-0.15, -0.1) is 0 Å². The number of carbonyl (C=O) groups is 1. The van der Waals surface area contributed by atoms with Gasteiger partial charge in [-0.2, -0.15) is 0 Å². The first-order valence-electron chi connectivity index (χ1n) is 8.00. The van der Waals surface area contributed by atoms with Gasteiger partial charge < -0.3 is 10.1 Å². The predicted octanol–water partition coefficient (Wildman–Crippen LogP) is 4.62. The van der Waals surface area contributed by atoms with Crippen LogP contribution in [-0.4, -0.2) is 12.5 Å². The molecule has 3 aromatic rings. The molecule has 0 heterocycles. The third-order valence-electron chi connectivity index (χ3n) is 3.75. The standard InChI is InChI=1S/C21H18ClNO2/c22-18-13-11-17(12-14-18)21(16-7-3-1-4-8-16)23-20(24)15-25-19-9-5-2-6-10-19/h1-14,21H,15H2,(H,23,24)/t21-/m1/s1. The van der Waals surface area contributed by atoms with Crippen molar-refractivity contribution < 1.29 is 9.53 Å². The lowest BCUT2D eigenvalue weighted by molar-refractivity contribution is -0.123. The second-order valence-corrected chi connectivity index (χ2v) is 6.00. The molecule has 0 fully saturated rings. The van der Waals surface area contributed by atoms with Gasteiger partial charge in [0.1, 0.15) is 5.75 Å². The van der Waals surface area contributed by atoms with Gasteiger partial charge in [-0.3, -0.25) is 4.79 Å². The number of benzene rings is 3. The second-order valence-electron chi connectivity index (χ2n) is 5.56. The zero-order chi connectivity index (χ0) is 17.5. The van der Waals surface area contributed by atoms with Crippen LogP contribution in [0, 0.1) is 0 Å². The summed E-state index contributed by atoms with van der Waals surface area (Å²) in [6.45, 7) is -0.0407. The SMILES string of the molecule is O=C(COc1ccccc1)N[C@H](c1ccccc1)c1ccc(Cl)cc1. The highest BCUT2D eigenvalue weighted by Gasteiger charge is 2.17. The Hall–Kier alpha value is -2.78. The molecule has 126 valence electrons. The first kappa shape index (κ1) is 17.1. The van der Waals surface area contributed by atoms with Crippen LogP contribution in [0.3, 0.4) is 0 Å². The number of hydrogen-bond acceptors (Lipinski definition) is 2. The third kappa shape index (κ3) is 4.85. The van der Waals surface area contributed by atoms with Crippen LogP contribution < -0.4 is 10.1 Å². The summed E-state index contributed by atoms with van der Waals surface area (Å²) >= 11 is 5.98. The Labute approximate surface area is 152 Å². The van der Waals surface area contributed by atoms with E-state index in [0.717, 1.165) is 11.1 Å². The van der Waals surface area contributed by atoms with Crippen LogP contribution in [0.25, 0.3) is 0 Å². The van der Waals surface area contributed by atoms with Crippen molar-refractivity contribution in [3.05, 3.63) is 101 Å². The first-order chi connectivity index (χ1) is 12.2. The molecule has 4 heteroatoms. The summed E-state index contributed by atoms with van der Waals surface area (Å²) in [6.07, 6.45) is 0. The Balaban J connectivity index is 1.73. The van der Waals surface area contributed by atoms with Gasteiger partial charge >= 0.3 is 0 Å². The minimum atomic E-state index is -0.259. The largest absolute Gasteiger partial charge is 0.484 e. The summed E-state index contributed by atoms with van der Waals surface area (Å²) in [5.41, 5.74) is 1.96. The molecule has 0 bridgehead atoms. The number of carbonyl (C=O) groups excluding carboxylic acids is 1. The molecular formula is C21H18ClNO2. The van der Waals surface area contributed by atoms with E-state index in [0.29, 0.717) is 10.8 Å². The lowest BCUT2D eigenvalue weighted by Crippen LogP contribution is -2.33. The number of hydrogen-bond donors (Lipinski definition) is 1. The van der Waals surface area contributed by atoms with Crippen LogP contribution in [0.2, 0.25) is 5.02 Å². The van der Waals surface area contributed by atoms with Crippen LogP contribution in [0.1, 0.15) is 17.2 Å². The molecule has 25 heavy (non-hydrogen) atoms. The van der Waals surface area contributed by atoms with Gasteiger partial charge in [0.25, 0.3) is 5.91 Å². The number of amides is 1. The zero-order valence-corrected chi connectivity index (χ0v) is 14.3. The highest BCUT2D eigenvalue weighted by molar-refractivity contribution is 6.30. The van der Waals surface area contributed by atoms with Crippen molar-refractivity contribution >= 4 is 17.5 Å². The molecule has 0 unspecified atom stereocenters. The average Bonchev–Trinajstić information content (AvgIpc) is 2.67. The molecule has 0 aromatic heterocycles. The van der Waals surface area contributed by atoms with Crippen molar-refractivity contribution in [3.63, 3.8) is 0 Å². The summed E-state index contributed by atoms with van der Waals surface area (Å²) in [4.78, 5) is 12.4. The molecule has 0 saturated carbocycles. The Kier molecular flexibility index (Phi) is 5.70. The number of ether oxygens (including phenoxy) is 1. The number of nitrogens with one attached hydrogen (secondary N) is 1. The van der Waals surface area contributed by atoms with Crippen LogP contribution in [0.4, 0.5) is 0 Å². The van der Waals surface area contributed by atoms with E-state index >= 15 is 0 Å². The zero-order valence-electron chi connectivity index (χ0n) is 13.6. The lowest BCUT2D eigenvalue weighted by Gasteiger charge is -2.20. The molecular weight excluding hydrogens is 334 g/mol. The van der Waals surface area contributed by atoms with Gasteiger partial charge in [0.15, 0.2) is 6.61 Å². The van der Waals surface area contributed by atoms with E-state index in [4.69, 9.17) is 16.3 Å². The molecule has 0 aliphatic rings. The normalized spacial score (nSPS) is 11.6. The summed E-state index contributed by atoms with van der Waals surface area (Å²) in [7, 11) is 0. The Bertz CT molecular complexity index is 804. The van der Waals surface area contributed by atoms with Crippen molar-refractivity contribution in [2.45, 2.75) is 6.04 Å². The Morgan fingerprint density at radius 2 is 1.40 bits per heavy atom. The molecule has 0 saturated heterocycles. The first-order valence-corrected chi connectivity index (χ1v) is 8.38. The van der Waals surface area contributed by atoms with E-state index < -0.39 is 0 Å². The molecule has 0 aliphatic carbocycles. The van der Waals surface area contributed by atoms with E-state index in [9.17, 15) is 4.79 Å². The highest BCUT2D eigenvalue weighted by Crippen LogP contribution is 2.23. The average molecular weight is 352 g/mol. The van der Waals surface area contributed by atoms with Gasteiger partial charge in [0.2, 0.25) is 0 Å². The van der Waals surface area contributed by atoms with Crippen LogP contribution in [-0.2, 0) is 4.79 Å². The minimum Gasteiger partial charge on any atom is -0.484 e. The number of halogens is 1. The maximum atomic E-state index is 12.4. The summed E-state index contributed by atoms with van der Waals surface area (Å²) in [5.74, 6) is 0.480. The van der Waals surface area contributed by atoms with Crippen molar-refractivity contribution in [1.82, 2.24) is 5.32 Å². The lowest BCUT2D eigenvalue weighted by atomic mass is 9.99. The maximum absolute atomic E-state index is 12.4. The number of rotatable bonds is 6. The Morgan fingerprint density at radius 1 is 0.840 bits per heavy atom. The molecule has 0 spiro atoms. The van der Waals surface area contributed by atoms with Crippen molar-refractivity contribution in [2.24, 2.45) is 0 Å². The van der Waals surface area contributed by atoms with E-state index in [2.05, 4.69) is 5.32 Å². The van der Waals surface area contributed by atoms with Gasteiger partial charge in [0.05, 0.1) is 6.04 Å².